The van der Waals surface area contributed by atoms with Gasteiger partial charge in [0.2, 0.25) is 0 Å². The van der Waals surface area contributed by atoms with E-state index < -0.39 is 0 Å². The first-order valence-corrected chi connectivity index (χ1v) is 6.23. The minimum Gasteiger partial charge on any atom is -0.326 e. The van der Waals surface area contributed by atoms with Crippen molar-refractivity contribution in [1.82, 2.24) is 0 Å². The van der Waals surface area contributed by atoms with Crippen molar-refractivity contribution in [1.29, 1.82) is 0 Å². The second-order valence-electron chi connectivity index (χ2n) is 3.85. The van der Waals surface area contributed by atoms with Gasteiger partial charge in [-0.2, -0.15) is 0 Å². The summed E-state index contributed by atoms with van der Waals surface area (Å²) in [5, 5.41) is 0. The Morgan fingerprint density at radius 3 is 2.53 bits per heavy atom. The second-order valence-corrected chi connectivity index (χ2v) is 5.00. The largest absolute Gasteiger partial charge is 0.326 e. The van der Waals surface area contributed by atoms with Crippen molar-refractivity contribution in [3.05, 3.63) is 59.4 Å². The van der Waals surface area contributed by atoms with Crippen molar-refractivity contribution in [3.8, 4) is 0 Å². The standard InChI is InChI=1S/C14H14FNS/c1-10-7-14(6-5-11(10)9-16)17-13-4-2-3-12(15)8-13/h2-8H,9,16H2,1H3. The molecule has 88 valence electrons. The molecule has 2 rings (SSSR count). The van der Waals surface area contributed by atoms with Crippen LogP contribution in [0.15, 0.2) is 52.3 Å². The van der Waals surface area contributed by atoms with Crippen LogP contribution >= 0.6 is 11.8 Å². The molecule has 3 heteroatoms. The Kier molecular flexibility index (Phi) is 3.82. The minimum absolute atomic E-state index is 0.203. The van der Waals surface area contributed by atoms with E-state index in [0.717, 1.165) is 15.4 Å². The van der Waals surface area contributed by atoms with E-state index in [4.69, 9.17) is 5.73 Å². The molecule has 0 spiro atoms. The van der Waals surface area contributed by atoms with Crippen LogP contribution in [0.25, 0.3) is 0 Å². The van der Waals surface area contributed by atoms with Crippen LogP contribution in [0.4, 0.5) is 4.39 Å². The zero-order chi connectivity index (χ0) is 12.3. The predicted molar refractivity (Wildman–Crippen MR) is 69.6 cm³/mol. The molecule has 0 amide bonds. The maximum absolute atomic E-state index is 13.0. The number of halogens is 1. The van der Waals surface area contributed by atoms with Gasteiger partial charge in [0.15, 0.2) is 0 Å². The Balaban J connectivity index is 2.22. The van der Waals surface area contributed by atoms with Crippen molar-refractivity contribution in [3.63, 3.8) is 0 Å². The molecule has 0 unspecified atom stereocenters. The first-order chi connectivity index (χ1) is 8.19. The fraction of sp³-hybridized carbons (Fsp3) is 0.143. The van der Waals surface area contributed by atoms with Crippen molar-refractivity contribution in [2.45, 2.75) is 23.3 Å². The van der Waals surface area contributed by atoms with E-state index >= 15 is 0 Å². The predicted octanol–water partition coefficient (Wildman–Crippen LogP) is 3.74. The molecule has 2 aromatic rings. The van der Waals surface area contributed by atoms with Gasteiger partial charge >= 0.3 is 0 Å². The van der Waals surface area contributed by atoms with Gasteiger partial charge in [-0.05, 0) is 48.4 Å². The van der Waals surface area contributed by atoms with Gasteiger partial charge in [-0.1, -0.05) is 23.9 Å². The summed E-state index contributed by atoms with van der Waals surface area (Å²) < 4.78 is 13.0. The summed E-state index contributed by atoms with van der Waals surface area (Å²) in [6.07, 6.45) is 0. The summed E-state index contributed by atoms with van der Waals surface area (Å²) in [5.74, 6) is -0.203. The average Bonchev–Trinajstić information content (AvgIpc) is 2.29. The fourth-order valence-corrected chi connectivity index (χ4v) is 2.59. The number of aryl methyl sites for hydroxylation is 1. The molecule has 0 saturated carbocycles. The first kappa shape index (κ1) is 12.1. The highest BCUT2D eigenvalue weighted by Gasteiger charge is 2.01. The summed E-state index contributed by atoms with van der Waals surface area (Å²) in [4.78, 5) is 2.01. The molecule has 0 fully saturated rings. The summed E-state index contributed by atoms with van der Waals surface area (Å²) in [6.45, 7) is 2.59. The van der Waals surface area contributed by atoms with Crippen LogP contribution in [0.5, 0.6) is 0 Å². The Morgan fingerprint density at radius 1 is 1.12 bits per heavy atom. The summed E-state index contributed by atoms with van der Waals surface area (Å²) >= 11 is 1.55. The molecule has 0 atom stereocenters. The van der Waals surface area contributed by atoms with Gasteiger partial charge in [-0.15, -0.1) is 0 Å². The van der Waals surface area contributed by atoms with Gasteiger partial charge in [0.05, 0.1) is 0 Å². The number of benzene rings is 2. The smallest absolute Gasteiger partial charge is 0.124 e. The Labute approximate surface area is 105 Å². The number of hydrogen-bond acceptors (Lipinski definition) is 2. The SMILES string of the molecule is Cc1cc(Sc2cccc(F)c2)ccc1CN. The van der Waals surface area contributed by atoms with E-state index in [9.17, 15) is 4.39 Å². The van der Waals surface area contributed by atoms with E-state index in [1.54, 1.807) is 17.8 Å². The highest BCUT2D eigenvalue weighted by Crippen LogP contribution is 2.29. The molecule has 0 aliphatic rings. The molecule has 0 saturated heterocycles. The molecule has 0 aliphatic carbocycles. The summed E-state index contributed by atoms with van der Waals surface area (Å²) in [6, 6.07) is 12.7. The molecule has 1 nitrogen and oxygen atoms in total. The zero-order valence-corrected chi connectivity index (χ0v) is 10.4. The molecule has 0 bridgehead atoms. The highest BCUT2D eigenvalue weighted by atomic mass is 32.2. The van der Waals surface area contributed by atoms with Crippen LogP contribution in [-0.2, 0) is 6.54 Å². The minimum atomic E-state index is -0.203. The van der Waals surface area contributed by atoms with Gasteiger partial charge in [-0.25, -0.2) is 4.39 Å². The molecule has 17 heavy (non-hydrogen) atoms. The van der Waals surface area contributed by atoms with E-state index in [2.05, 4.69) is 6.07 Å². The average molecular weight is 247 g/mol. The topological polar surface area (TPSA) is 26.0 Å². The van der Waals surface area contributed by atoms with Gasteiger partial charge in [0, 0.05) is 16.3 Å². The molecule has 0 radical (unpaired) electrons. The lowest BCUT2D eigenvalue weighted by Crippen LogP contribution is -1.98. The molecule has 2 N–H and O–H groups in total. The first-order valence-electron chi connectivity index (χ1n) is 5.42. The van der Waals surface area contributed by atoms with Crippen molar-refractivity contribution in [2.75, 3.05) is 0 Å². The quantitative estimate of drug-likeness (QED) is 0.894. The monoisotopic (exact) mass is 247 g/mol. The second kappa shape index (κ2) is 5.34. The maximum atomic E-state index is 13.0. The lowest BCUT2D eigenvalue weighted by molar-refractivity contribution is 0.624. The Bertz CT molecular complexity index is 525. The molecule has 0 aromatic heterocycles. The van der Waals surface area contributed by atoms with E-state index in [1.165, 1.54) is 17.7 Å². The summed E-state index contributed by atoms with van der Waals surface area (Å²) in [7, 11) is 0. The van der Waals surface area contributed by atoms with E-state index in [1.807, 2.05) is 25.1 Å². The molecular weight excluding hydrogens is 233 g/mol. The third-order valence-electron chi connectivity index (χ3n) is 2.57. The normalized spacial score (nSPS) is 10.5. The maximum Gasteiger partial charge on any atom is 0.124 e. The molecule has 0 aliphatic heterocycles. The fourth-order valence-electron chi connectivity index (χ4n) is 1.63. The lowest BCUT2D eigenvalue weighted by Gasteiger charge is -2.06. The number of nitrogens with two attached hydrogens (primary N) is 1. The van der Waals surface area contributed by atoms with Crippen molar-refractivity contribution >= 4 is 11.8 Å². The van der Waals surface area contributed by atoms with Gasteiger partial charge in [0.1, 0.15) is 5.82 Å². The Hall–Kier alpha value is -1.32. The van der Waals surface area contributed by atoms with Gasteiger partial charge in [0.25, 0.3) is 0 Å². The van der Waals surface area contributed by atoms with Crippen molar-refractivity contribution < 1.29 is 4.39 Å². The summed E-state index contributed by atoms with van der Waals surface area (Å²) in [5.41, 5.74) is 7.94. The highest BCUT2D eigenvalue weighted by molar-refractivity contribution is 7.99. The van der Waals surface area contributed by atoms with Crippen LogP contribution in [0.2, 0.25) is 0 Å². The molecular formula is C14H14FNS. The molecule has 2 aromatic carbocycles. The van der Waals surface area contributed by atoms with Crippen LogP contribution in [0.3, 0.4) is 0 Å². The van der Waals surface area contributed by atoms with Crippen LogP contribution < -0.4 is 5.73 Å². The third-order valence-corrected chi connectivity index (χ3v) is 3.55. The van der Waals surface area contributed by atoms with Crippen LogP contribution in [0, 0.1) is 12.7 Å². The van der Waals surface area contributed by atoms with Gasteiger partial charge in [-0.3, -0.25) is 0 Å². The van der Waals surface area contributed by atoms with E-state index in [-0.39, 0.29) is 5.82 Å². The van der Waals surface area contributed by atoms with Crippen LogP contribution in [-0.4, -0.2) is 0 Å². The lowest BCUT2D eigenvalue weighted by atomic mass is 10.1. The van der Waals surface area contributed by atoms with E-state index in [0.29, 0.717) is 6.54 Å². The van der Waals surface area contributed by atoms with Gasteiger partial charge < -0.3 is 5.73 Å². The number of rotatable bonds is 3. The Morgan fingerprint density at radius 2 is 1.88 bits per heavy atom. The third kappa shape index (κ3) is 3.08. The van der Waals surface area contributed by atoms with Crippen molar-refractivity contribution in [2.24, 2.45) is 5.73 Å². The number of hydrogen-bond donors (Lipinski definition) is 1. The van der Waals surface area contributed by atoms with Crippen LogP contribution in [0.1, 0.15) is 11.1 Å². The molecule has 0 heterocycles. The zero-order valence-electron chi connectivity index (χ0n) is 9.61.